The molecule has 9 nitrogen and oxygen atoms in total. The van der Waals surface area contributed by atoms with Crippen LogP contribution in [0.25, 0.3) is 21.3 Å². The van der Waals surface area contributed by atoms with E-state index < -0.39 is 0 Å². The second kappa shape index (κ2) is 9.96. The van der Waals surface area contributed by atoms with Gasteiger partial charge in [0.15, 0.2) is 16.7 Å². The molecule has 0 aliphatic carbocycles. The van der Waals surface area contributed by atoms with Gasteiger partial charge in [-0.2, -0.15) is 9.36 Å². The normalized spacial score (nSPS) is 13.8. The number of nitrogens with zero attached hydrogens (tertiary/aromatic N) is 5. The number of carbonyl (C=O) groups excluding carboxylic acids is 1. The predicted octanol–water partition coefficient (Wildman–Crippen LogP) is 4.62. The van der Waals surface area contributed by atoms with Gasteiger partial charge in [-0.25, -0.2) is 4.98 Å². The largest absolute Gasteiger partial charge is 0.493 e. The highest BCUT2D eigenvalue weighted by molar-refractivity contribution is 7.10. The number of nitrogen functional groups attached to an aromatic ring is 1. The highest BCUT2D eigenvalue weighted by Gasteiger charge is 2.29. The first-order valence-corrected chi connectivity index (χ1v) is 12.6. The maximum absolute atomic E-state index is 13.5. The van der Waals surface area contributed by atoms with E-state index in [-0.39, 0.29) is 11.1 Å². The summed E-state index contributed by atoms with van der Waals surface area (Å²) in [5.41, 5.74) is 8.00. The van der Waals surface area contributed by atoms with Crippen molar-refractivity contribution in [3.8, 4) is 21.9 Å². The van der Waals surface area contributed by atoms with E-state index in [0.29, 0.717) is 75.8 Å². The lowest BCUT2D eigenvalue weighted by Gasteiger charge is -2.35. The van der Waals surface area contributed by atoms with Gasteiger partial charge in [-0.15, -0.1) is 0 Å². The average molecular weight is 545 g/mol. The standard InChI is InChI=1S/C24H22Cl2N6O3S/c1-34-17-11-14-16(12-18(17)35-2)28-24(29-22(14)27)32-9-7-31(8-10-32)23(33)19-20(36-30-21(19)26)13-5-3-4-6-15(13)25/h3-6,11-12H,7-10H2,1-2H3,(H2,27,28,29). The van der Waals surface area contributed by atoms with Gasteiger partial charge in [0.2, 0.25) is 5.95 Å². The molecule has 0 atom stereocenters. The number of methoxy groups -OCH3 is 2. The molecule has 2 aromatic heterocycles. The average Bonchev–Trinajstić information content (AvgIpc) is 3.28. The monoisotopic (exact) mass is 544 g/mol. The summed E-state index contributed by atoms with van der Waals surface area (Å²) in [5.74, 6) is 1.76. The molecule has 186 valence electrons. The van der Waals surface area contributed by atoms with Crippen molar-refractivity contribution in [1.29, 1.82) is 0 Å². The fourth-order valence-electron chi connectivity index (χ4n) is 4.16. The molecule has 5 rings (SSSR count). The number of benzene rings is 2. The first-order valence-electron chi connectivity index (χ1n) is 11.0. The number of hydrogen-bond acceptors (Lipinski definition) is 9. The molecular weight excluding hydrogens is 523 g/mol. The van der Waals surface area contributed by atoms with E-state index in [9.17, 15) is 4.79 Å². The quantitative estimate of drug-likeness (QED) is 0.387. The molecule has 1 aliphatic rings. The first-order chi connectivity index (χ1) is 17.4. The molecule has 1 fully saturated rings. The van der Waals surface area contributed by atoms with Crippen LogP contribution in [0.1, 0.15) is 10.4 Å². The molecule has 0 spiro atoms. The minimum absolute atomic E-state index is 0.178. The van der Waals surface area contributed by atoms with Gasteiger partial charge < -0.3 is 25.0 Å². The summed E-state index contributed by atoms with van der Waals surface area (Å²) in [5, 5.41) is 1.39. The minimum atomic E-state index is -0.181. The topological polar surface area (TPSA) is 107 Å². The van der Waals surface area contributed by atoms with Crippen LogP contribution >= 0.6 is 34.7 Å². The van der Waals surface area contributed by atoms with Crippen molar-refractivity contribution in [2.24, 2.45) is 0 Å². The number of hydrogen-bond donors (Lipinski definition) is 1. The molecule has 0 radical (unpaired) electrons. The summed E-state index contributed by atoms with van der Waals surface area (Å²) < 4.78 is 15.0. The number of carbonyl (C=O) groups is 1. The van der Waals surface area contributed by atoms with Crippen molar-refractivity contribution >= 4 is 63.3 Å². The van der Waals surface area contributed by atoms with Crippen LogP contribution in [0.15, 0.2) is 36.4 Å². The molecule has 0 bridgehead atoms. The van der Waals surface area contributed by atoms with Crippen LogP contribution < -0.4 is 20.1 Å². The Labute approximate surface area is 221 Å². The molecule has 2 N–H and O–H groups in total. The molecule has 0 saturated carbocycles. The Bertz CT molecular complexity index is 1460. The molecule has 2 aromatic carbocycles. The van der Waals surface area contributed by atoms with Gasteiger partial charge in [0.05, 0.1) is 30.2 Å². The number of anilines is 2. The zero-order valence-corrected chi connectivity index (χ0v) is 21.8. The second-order valence-electron chi connectivity index (χ2n) is 8.07. The van der Waals surface area contributed by atoms with Gasteiger partial charge in [0.1, 0.15) is 5.82 Å². The van der Waals surface area contributed by atoms with Gasteiger partial charge in [-0.05, 0) is 23.7 Å². The zero-order chi connectivity index (χ0) is 25.4. The summed E-state index contributed by atoms with van der Waals surface area (Å²) >= 11 is 13.9. The van der Waals surface area contributed by atoms with Gasteiger partial charge in [0.25, 0.3) is 5.91 Å². The third kappa shape index (κ3) is 4.36. The molecular formula is C24H22Cl2N6O3S. The van der Waals surface area contributed by atoms with Crippen LogP contribution in [0.5, 0.6) is 11.5 Å². The van der Waals surface area contributed by atoms with Crippen LogP contribution in [0.2, 0.25) is 10.2 Å². The Kier molecular flexibility index (Phi) is 6.74. The number of nitrogens with two attached hydrogens (primary N) is 1. The van der Waals surface area contributed by atoms with Crippen molar-refractivity contribution in [2.45, 2.75) is 0 Å². The molecule has 3 heterocycles. The van der Waals surface area contributed by atoms with E-state index in [1.54, 1.807) is 37.3 Å². The van der Waals surface area contributed by atoms with Crippen molar-refractivity contribution in [3.05, 3.63) is 52.1 Å². The smallest absolute Gasteiger partial charge is 0.258 e. The van der Waals surface area contributed by atoms with Crippen LogP contribution in [0.3, 0.4) is 0 Å². The van der Waals surface area contributed by atoms with Gasteiger partial charge in [-0.3, -0.25) is 4.79 Å². The third-order valence-electron chi connectivity index (χ3n) is 6.05. The molecule has 1 aliphatic heterocycles. The number of fused-ring (bicyclic) bond motifs is 1. The van der Waals surface area contributed by atoms with E-state index in [1.165, 1.54) is 0 Å². The fourth-order valence-corrected chi connectivity index (χ4v) is 5.60. The molecule has 36 heavy (non-hydrogen) atoms. The number of amides is 1. The Morgan fingerprint density at radius 1 is 1.03 bits per heavy atom. The molecule has 4 aromatic rings. The maximum Gasteiger partial charge on any atom is 0.258 e. The number of rotatable bonds is 5. The fraction of sp³-hybridized carbons (Fsp3) is 0.250. The summed E-state index contributed by atoms with van der Waals surface area (Å²) in [6, 6.07) is 10.9. The summed E-state index contributed by atoms with van der Waals surface area (Å²) in [7, 11) is 3.13. The Hall–Kier alpha value is -3.34. The van der Waals surface area contributed by atoms with Crippen molar-refractivity contribution in [2.75, 3.05) is 51.0 Å². The predicted molar refractivity (Wildman–Crippen MR) is 143 cm³/mol. The highest BCUT2D eigenvalue weighted by Crippen LogP contribution is 2.38. The van der Waals surface area contributed by atoms with E-state index in [1.807, 2.05) is 23.1 Å². The van der Waals surface area contributed by atoms with Crippen LogP contribution in [-0.4, -0.2) is 65.5 Å². The summed E-state index contributed by atoms with van der Waals surface area (Å²) in [4.78, 5) is 27.1. The number of halogens is 2. The van der Waals surface area contributed by atoms with Gasteiger partial charge in [-0.1, -0.05) is 41.4 Å². The lowest BCUT2D eigenvalue weighted by atomic mass is 10.1. The van der Waals surface area contributed by atoms with E-state index in [2.05, 4.69) is 9.36 Å². The van der Waals surface area contributed by atoms with Crippen molar-refractivity contribution in [1.82, 2.24) is 19.2 Å². The molecule has 0 unspecified atom stereocenters. The molecule has 12 heteroatoms. The van der Waals surface area contributed by atoms with Gasteiger partial charge in [0, 0.05) is 48.2 Å². The third-order valence-corrected chi connectivity index (χ3v) is 7.64. The van der Waals surface area contributed by atoms with Crippen molar-refractivity contribution < 1.29 is 14.3 Å². The van der Waals surface area contributed by atoms with Crippen LogP contribution in [0.4, 0.5) is 11.8 Å². The number of aromatic nitrogens is 3. The summed E-state index contributed by atoms with van der Waals surface area (Å²) in [6.07, 6.45) is 0. The Morgan fingerprint density at radius 2 is 1.72 bits per heavy atom. The maximum atomic E-state index is 13.5. The number of piperazine rings is 1. The van der Waals surface area contributed by atoms with Crippen LogP contribution in [-0.2, 0) is 0 Å². The molecule has 1 amide bonds. The lowest BCUT2D eigenvalue weighted by molar-refractivity contribution is 0.0747. The second-order valence-corrected chi connectivity index (χ2v) is 9.61. The first kappa shape index (κ1) is 24.4. The number of ether oxygens (including phenoxy) is 2. The molecule has 1 saturated heterocycles. The van der Waals surface area contributed by atoms with Crippen molar-refractivity contribution in [3.63, 3.8) is 0 Å². The van der Waals surface area contributed by atoms with E-state index >= 15 is 0 Å². The lowest BCUT2D eigenvalue weighted by Crippen LogP contribution is -2.49. The van der Waals surface area contributed by atoms with Gasteiger partial charge >= 0.3 is 0 Å². The minimum Gasteiger partial charge on any atom is -0.493 e. The SMILES string of the molecule is COc1cc2nc(N3CCN(C(=O)c4c(Cl)nsc4-c4ccccc4Cl)CC3)nc(N)c2cc1OC. The van der Waals surface area contributed by atoms with E-state index in [4.69, 9.17) is 43.4 Å². The van der Waals surface area contributed by atoms with Crippen LogP contribution in [0, 0.1) is 0 Å². The Balaban J connectivity index is 1.37. The summed E-state index contributed by atoms with van der Waals surface area (Å²) in [6.45, 7) is 1.97. The van der Waals surface area contributed by atoms with E-state index in [0.717, 1.165) is 17.1 Å². The highest BCUT2D eigenvalue weighted by atomic mass is 35.5. The zero-order valence-electron chi connectivity index (χ0n) is 19.5. The Morgan fingerprint density at radius 3 is 2.42 bits per heavy atom.